The molecule has 6 aromatic heterocycles. The van der Waals surface area contributed by atoms with Gasteiger partial charge in [-0.1, -0.05) is 24.3 Å². The van der Waals surface area contributed by atoms with E-state index in [9.17, 15) is 0 Å². The lowest BCUT2D eigenvalue weighted by molar-refractivity contribution is 0.466. The highest BCUT2D eigenvalue weighted by Gasteiger charge is 2.16. The smallest absolute Gasteiger partial charge is 0.219 e. The average Bonchev–Trinajstić information content (AvgIpc) is 3.51. The molecule has 0 fully saturated rings. The van der Waals surface area contributed by atoms with Crippen molar-refractivity contribution in [2.24, 2.45) is 0 Å². The van der Waals surface area contributed by atoms with Crippen molar-refractivity contribution in [3.63, 3.8) is 0 Å². The standard InChI is InChI=1S/C30H19N7O/c1-18-16-25-28-22(29-30(37(25)35-18)33-15-14-32-29)11-12-27(34-28)38-19-9-10-21-20-6-2-3-7-23(20)36(24(21)17-19)26-8-4-5-13-31-26/h2-17H,1H3. The highest BCUT2D eigenvalue weighted by Crippen LogP contribution is 2.35. The van der Waals surface area contributed by atoms with Crippen LogP contribution >= 0.6 is 0 Å². The number of pyridine rings is 3. The van der Waals surface area contributed by atoms with Crippen LogP contribution in [0.1, 0.15) is 5.69 Å². The summed E-state index contributed by atoms with van der Waals surface area (Å²) in [6.07, 6.45) is 5.17. The normalized spacial score (nSPS) is 11.8. The Morgan fingerprint density at radius 2 is 1.50 bits per heavy atom. The highest BCUT2D eigenvalue weighted by atomic mass is 16.5. The summed E-state index contributed by atoms with van der Waals surface area (Å²) in [5, 5.41) is 7.82. The first kappa shape index (κ1) is 20.8. The summed E-state index contributed by atoms with van der Waals surface area (Å²) >= 11 is 0. The fourth-order valence-electron chi connectivity index (χ4n) is 5.26. The van der Waals surface area contributed by atoms with Crippen molar-refractivity contribution >= 4 is 49.4 Å². The summed E-state index contributed by atoms with van der Waals surface area (Å²) in [5.41, 5.74) is 6.06. The molecule has 2 aromatic carbocycles. The van der Waals surface area contributed by atoms with Crippen molar-refractivity contribution < 1.29 is 4.74 Å². The molecule has 8 nitrogen and oxygen atoms in total. The number of benzene rings is 2. The van der Waals surface area contributed by atoms with Crippen molar-refractivity contribution in [1.29, 1.82) is 0 Å². The molecule has 6 heterocycles. The molecular formula is C30H19N7O. The Labute approximate surface area is 215 Å². The summed E-state index contributed by atoms with van der Waals surface area (Å²) < 4.78 is 10.3. The Kier molecular flexibility index (Phi) is 4.27. The fraction of sp³-hybridized carbons (Fsp3) is 0.0333. The van der Waals surface area contributed by atoms with E-state index >= 15 is 0 Å². The van der Waals surface area contributed by atoms with Gasteiger partial charge in [-0.15, -0.1) is 0 Å². The molecular weight excluding hydrogens is 474 g/mol. The second-order valence-electron chi connectivity index (χ2n) is 9.18. The summed E-state index contributed by atoms with van der Waals surface area (Å²) in [4.78, 5) is 18.6. The van der Waals surface area contributed by atoms with Gasteiger partial charge in [0.15, 0.2) is 5.65 Å². The number of hydrogen-bond donors (Lipinski definition) is 0. The number of aromatic nitrogens is 7. The molecule has 0 amide bonds. The number of ether oxygens (including phenoxy) is 1. The van der Waals surface area contributed by atoms with Gasteiger partial charge in [0.2, 0.25) is 5.88 Å². The molecule has 8 heteroatoms. The molecule has 180 valence electrons. The quantitative estimate of drug-likeness (QED) is 0.264. The Hall–Kier alpha value is -5.37. The molecule has 0 atom stereocenters. The molecule has 0 unspecified atom stereocenters. The summed E-state index contributed by atoms with van der Waals surface area (Å²) in [5.74, 6) is 2.03. The van der Waals surface area contributed by atoms with Crippen LogP contribution in [-0.4, -0.2) is 34.1 Å². The van der Waals surface area contributed by atoms with Crippen molar-refractivity contribution in [3.05, 3.63) is 103 Å². The van der Waals surface area contributed by atoms with Gasteiger partial charge >= 0.3 is 0 Å². The Bertz CT molecular complexity index is 2180. The molecule has 0 bridgehead atoms. The topological polar surface area (TPSA) is 83.0 Å². The third-order valence-electron chi connectivity index (χ3n) is 6.82. The molecule has 38 heavy (non-hydrogen) atoms. The van der Waals surface area contributed by atoms with Crippen LogP contribution in [0.4, 0.5) is 0 Å². The van der Waals surface area contributed by atoms with Crippen LogP contribution in [0.15, 0.2) is 97.5 Å². The molecule has 0 aliphatic heterocycles. The van der Waals surface area contributed by atoms with Crippen LogP contribution < -0.4 is 4.74 Å². The number of para-hydroxylation sites is 1. The van der Waals surface area contributed by atoms with Gasteiger partial charge in [0.1, 0.15) is 22.6 Å². The van der Waals surface area contributed by atoms with Crippen molar-refractivity contribution in [2.75, 3.05) is 0 Å². The maximum absolute atomic E-state index is 6.34. The van der Waals surface area contributed by atoms with E-state index in [-0.39, 0.29) is 0 Å². The zero-order valence-electron chi connectivity index (χ0n) is 20.3. The zero-order chi connectivity index (χ0) is 25.2. The number of hydrogen-bond acceptors (Lipinski definition) is 6. The number of fused-ring (bicyclic) bond motifs is 9. The van der Waals surface area contributed by atoms with Crippen LogP contribution in [-0.2, 0) is 0 Å². The van der Waals surface area contributed by atoms with Gasteiger partial charge < -0.3 is 4.74 Å². The number of rotatable bonds is 3. The van der Waals surface area contributed by atoms with Gasteiger partial charge in [0.05, 0.1) is 22.2 Å². The summed E-state index contributed by atoms with van der Waals surface area (Å²) in [6, 6.07) is 26.3. The SMILES string of the molecule is Cc1cc2c3nc(Oc4ccc5c6ccccc6n(-c6ccccn6)c5c4)ccc3c3nccnc3n2n1. The monoisotopic (exact) mass is 493 g/mol. The van der Waals surface area contributed by atoms with Crippen molar-refractivity contribution in [2.45, 2.75) is 6.92 Å². The van der Waals surface area contributed by atoms with Gasteiger partial charge in [0.25, 0.3) is 0 Å². The largest absolute Gasteiger partial charge is 0.439 e. The maximum atomic E-state index is 6.34. The Balaban J connectivity index is 1.31. The van der Waals surface area contributed by atoms with Crippen LogP contribution in [0.2, 0.25) is 0 Å². The van der Waals surface area contributed by atoms with Crippen LogP contribution in [0, 0.1) is 6.92 Å². The minimum absolute atomic E-state index is 0.487. The van der Waals surface area contributed by atoms with Gasteiger partial charge in [-0.25, -0.2) is 19.5 Å². The first-order valence-electron chi connectivity index (χ1n) is 12.3. The van der Waals surface area contributed by atoms with Gasteiger partial charge in [-0.2, -0.15) is 5.10 Å². The second kappa shape index (κ2) is 7.81. The predicted octanol–water partition coefficient (Wildman–Crippen LogP) is 6.42. The molecule has 0 aliphatic rings. The molecule has 8 rings (SSSR count). The third kappa shape index (κ3) is 3.00. The lowest BCUT2D eigenvalue weighted by Gasteiger charge is -2.10. The molecule has 0 saturated carbocycles. The molecule has 0 radical (unpaired) electrons. The molecule has 0 N–H and O–H groups in total. The van der Waals surface area contributed by atoms with E-state index in [1.54, 1.807) is 16.9 Å². The van der Waals surface area contributed by atoms with E-state index in [0.29, 0.717) is 17.3 Å². The van der Waals surface area contributed by atoms with Gasteiger partial charge in [-0.05, 0) is 49.4 Å². The minimum atomic E-state index is 0.487. The Morgan fingerprint density at radius 1 is 0.658 bits per heavy atom. The summed E-state index contributed by atoms with van der Waals surface area (Å²) in [7, 11) is 0. The van der Waals surface area contributed by atoms with E-state index < -0.39 is 0 Å². The van der Waals surface area contributed by atoms with Gasteiger partial charge in [0, 0.05) is 46.9 Å². The van der Waals surface area contributed by atoms with E-state index in [2.05, 4.69) is 48.9 Å². The van der Waals surface area contributed by atoms with E-state index in [1.165, 1.54) is 0 Å². The molecule has 0 spiro atoms. The summed E-state index contributed by atoms with van der Waals surface area (Å²) in [6.45, 7) is 1.96. The first-order valence-corrected chi connectivity index (χ1v) is 12.3. The molecule has 0 aliphatic carbocycles. The van der Waals surface area contributed by atoms with Crippen LogP contribution in [0.25, 0.3) is 55.2 Å². The predicted molar refractivity (Wildman–Crippen MR) is 147 cm³/mol. The molecule has 0 saturated heterocycles. The van der Waals surface area contributed by atoms with Crippen molar-refractivity contribution in [1.82, 2.24) is 34.1 Å². The zero-order valence-corrected chi connectivity index (χ0v) is 20.3. The maximum Gasteiger partial charge on any atom is 0.219 e. The van der Waals surface area contributed by atoms with E-state index in [4.69, 9.17) is 9.72 Å². The van der Waals surface area contributed by atoms with Crippen LogP contribution in [0.3, 0.4) is 0 Å². The van der Waals surface area contributed by atoms with E-state index in [0.717, 1.165) is 55.3 Å². The number of aryl methyl sites for hydroxylation is 1. The second-order valence-corrected chi connectivity index (χ2v) is 9.18. The van der Waals surface area contributed by atoms with E-state index in [1.807, 2.05) is 67.7 Å². The number of nitrogens with zero attached hydrogens (tertiary/aromatic N) is 7. The fourth-order valence-corrected chi connectivity index (χ4v) is 5.26. The van der Waals surface area contributed by atoms with Crippen LogP contribution in [0.5, 0.6) is 11.6 Å². The molecule has 8 aromatic rings. The van der Waals surface area contributed by atoms with Gasteiger partial charge in [-0.3, -0.25) is 9.55 Å². The highest BCUT2D eigenvalue weighted by molar-refractivity contribution is 6.10. The Morgan fingerprint density at radius 3 is 2.42 bits per heavy atom. The first-order chi connectivity index (χ1) is 18.7. The van der Waals surface area contributed by atoms with Crippen molar-refractivity contribution in [3.8, 4) is 17.4 Å². The third-order valence-corrected chi connectivity index (χ3v) is 6.82. The lowest BCUT2D eigenvalue weighted by atomic mass is 10.1. The lowest BCUT2D eigenvalue weighted by Crippen LogP contribution is -1.99. The minimum Gasteiger partial charge on any atom is -0.439 e. The average molecular weight is 494 g/mol.